The number of carboxylic acid groups (broad SMARTS) is 2. The highest BCUT2D eigenvalue weighted by atomic mass is 32.2. The zero-order chi connectivity index (χ0) is 34.2. The van der Waals surface area contributed by atoms with E-state index in [1.807, 2.05) is 0 Å². The maximum atomic E-state index is 13.5. The number of nitrogen functional groups attached to an aromatic ring is 3. The fourth-order valence-corrected chi connectivity index (χ4v) is 7.55. The number of β-lactam (4-membered cyclic amide) rings is 1. The van der Waals surface area contributed by atoms with Crippen LogP contribution in [0.5, 0.6) is 11.5 Å². The number of phenolic OH excluding ortho intramolecular Hbond substituents is 2. The number of anilines is 3. The molecular formula is C26H26N9O9S3+. The molecule has 3 aromatic rings. The average Bonchev–Trinajstić information content (AvgIpc) is 3.45. The predicted molar refractivity (Wildman–Crippen MR) is 169 cm³/mol. The Kier molecular flexibility index (Phi) is 9.31. The SMILES string of the molecule is C[n+]1c(N)cc(N)nc1SCC1=C(C(=O)O)N2C(=O)[C@@H](NC(=O)/C(=N\O[C@@H](C(=O)O)c3ccc(O)c(O)c3)c3csc(N)n3)[C@H]2SC1. The van der Waals surface area contributed by atoms with E-state index in [-0.39, 0.29) is 39.4 Å². The number of hydrogen-bond acceptors (Lipinski definition) is 16. The number of rotatable bonds is 11. The molecule has 0 radical (unpaired) electrons. The van der Waals surface area contributed by atoms with E-state index in [1.54, 1.807) is 11.6 Å². The lowest BCUT2D eigenvalue weighted by atomic mass is 10.0. The Morgan fingerprint density at radius 2 is 1.94 bits per heavy atom. The molecule has 0 aliphatic carbocycles. The summed E-state index contributed by atoms with van der Waals surface area (Å²) in [4.78, 5) is 65.5. The van der Waals surface area contributed by atoms with Crippen LogP contribution in [0, 0.1) is 0 Å². The van der Waals surface area contributed by atoms with E-state index in [4.69, 9.17) is 22.0 Å². The molecule has 18 nitrogen and oxygen atoms in total. The number of carboxylic acids is 2. The van der Waals surface area contributed by atoms with Crippen molar-refractivity contribution < 1.29 is 49.0 Å². The summed E-state index contributed by atoms with van der Waals surface area (Å²) in [5.74, 6) is -4.73. The van der Waals surface area contributed by atoms with Gasteiger partial charge in [-0.2, -0.15) is 0 Å². The first kappa shape index (κ1) is 33.1. The molecule has 5 rings (SSSR count). The standard InChI is InChI=1S/C26H25N9O9S3/c1-34-15(28)5-14(27)31-26(34)47-7-10-6-45-22-17(21(39)35(22)18(10)23(40)41)32-20(38)16(11-8-46-25(29)30-11)33-44-19(24(42)43)9-2-3-12(36)13(37)4-9/h2-5,8,17,19,22H,6-7H2,1H3,(H10,27,28,29,30,32,33,36,37,38,40,41,42,43)/p+1/t17-,19-,22-/m1/s1. The predicted octanol–water partition coefficient (Wildman–Crippen LogP) is -0.402. The molecule has 0 bridgehead atoms. The van der Waals surface area contributed by atoms with Crippen LogP contribution in [-0.2, 0) is 31.1 Å². The number of fused-ring (bicyclic) bond motifs is 1. The van der Waals surface area contributed by atoms with Gasteiger partial charge in [0.1, 0.15) is 22.8 Å². The minimum atomic E-state index is -1.82. The number of amides is 2. The molecule has 1 fully saturated rings. The number of carbonyl (C=O) groups is 4. The molecule has 1 saturated heterocycles. The minimum Gasteiger partial charge on any atom is -0.504 e. The van der Waals surface area contributed by atoms with Crippen molar-refractivity contribution in [1.29, 1.82) is 0 Å². The molecule has 47 heavy (non-hydrogen) atoms. The first-order valence-corrected chi connectivity index (χ1v) is 16.1. The van der Waals surface area contributed by atoms with Crippen molar-refractivity contribution in [1.82, 2.24) is 20.2 Å². The van der Waals surface area contributed by atoms with Gasteiger partial charge >= 0.3 is 17.1 Å². The number of thiazole rings is 1. The van der Waals surface area contributed by atoms with Crippen LogP contribution < -0.4 is 27.1 Å². The van der Waals surface area contributed by atoms with Gasteiger partial charge in [-0.1, -0.05) is 16.2 Å². The minimum absolute atomic E-state index is 0.0544. The molecular weight excluding hydrogens is 679 g/mol. The summed E-state index contributed by atoms with van der Waals surface area (Å²) >= 11 is 3.38. The number of oxime groups is 1. The fourth-order valence-electron chi connectivity index (χ4n) is 4.52. The highest BCUT2D eigenvalue weighted by Gasteiger charge is 2.54. The number of benzene rings is 1. The van der Waals surface area contributed by atoms with Gasteiger partial charge in [-0.15, -0.1) is 23.1 Å². The van der Waals surface area contributed by atoms with E-state index in [0.717, 1.165) is 28.4 Å². The monoisotopic (exact) mass is 704 g/mol. The first-order chi connectivity index (χ1) is 22.3. The van der Waals surface area contributed by atoms with Crippen LogP contribution in [0.25, 0.3) is 0 Å². The number of carbonyl (C=O) groups excluding carboxylic acids is 2. The zero-order valence-corrected chi connectivity index (χ0v) is 26.5. The number of nitrogens with zero attached hydrogens (tertiary/aromatic N) is 5. The van der Waals surface area contributed by atoms with Crippen molar-refractivity contribution in [2.45, 2.75) is 22.7 Å². The molecule has 0 spiro atoms. The normalized spacial score (nSPS) is 18.3. The Labute approximate surface area is 276 Å². The maximum Gasteiger partial charge on any atom is 0.352 e. The Morgan fingerprint density at radius 1 is 1.19 bits per heavy atom. The summed E-state index contributed by atoms with van der Waals surface area (Å²) in [6.07, 6.45) is -1.82. The van der Waals surface area contributed by atoms with Crippen molar-refractivity contribution in [3.05, 3.63) is 52.2 Å². The summed E-state index contributed by atoms with van der Waals surface area (Å²) in [6.45, 7) is 0. The van der Waals surface area contributed by atoms with Crippen molar-refractivity contribution in [3.63, 3.8) is 0 Å². The molecule has 2 aromatic heterocycles. The largest absolute Gasteiger partial charge is 0.504 e. The second kappa shape index (κ2) is 13.2. The van der Waals surface area contributed by atoms with Gasteiger partial charge in [-0.3, -0.25) is 14.5 Å². The van der Waals surface area contributed by atoms with E-state index >= 15 is 0 Å². The summed E-state index contributed by atoms with van der Waals surface area (Å²) < 4.78 is 1.59. The first-order valence-electron chi connectivity index (χ1n) is 13.2. The highest BCUT2D eigenvalue weighted by Crippen LogP contribution is 2.41. The summed E-state index contributed by atoms with van der Waals surface area (Å²) in [7, 11) is 1.68. The smallest absolute Gasteiger partial charge is 0.352 e. The van der Waals surface area contributed by atoms with Gasteiger partial charge in [0.05, 0.1) is 13.1 Å². The third-order valence-corrected chi connectivity index (χ3v) is 9.99. The van der Waals surface area contributed by atoms with E-state index in [9.17, 15) is 39.6 Å². The van der Waals surface area contributed by atoms with Crippen molar-refractivity contribution >= 4 is 81.1 Å². The lowest BCUT2D eigenvalue weighted by Gasteiger charge is -2.49. The van der Waals surface area contributed by atoms with Crippen LogP contribution in [0.3, 0.4) is 0 Å². The van der Waals surface area contributed by atoms with Crippen molar-refractivity contribution in [3.8, 4) is 11.5 Å². The molecule has 246 valence electrons. The van der Waals surface area contributed by atoms with Gasteiger partial charge in [-0.05, 0) is 29.5 Å². The Bertz CT molecular complexity index is 1870. The van der Waals surface area contributed by atoms with Crippen molar-refractivity contribution in [2.75, 3.05) is 28.7 Å². The number of nitrogens with one attached hydrogen (secondary N) is 1. The van der Waals surface area contributed by atoms with E-state index in [2.05, 4.69) is 20.4 Å². The van der Waals surface area contributed by atoms with Gasteiger partial charge in [0.2, 0.25) is 17.7 Å². The Hall–Kier alpha value is -5.28. The van der Waals surface area contributed by atoms with E-state index < -0.39 is 58.5 Å². The van der Waals surface area contributed by atoms with Crippen molar-refractivity contribution in [2.24, 2.45) is 12.2 Å². The highest BCUT2D eigenvalue weighted by molar-refractivity contribution is 8.01. The molecule has 0 saturated carbocycles. The molecule has 1 aromatic carbocycles. The molecule has 2 aliphatic heterocycles. The molecule has 21 heteroatoms. The molecule has 0 unspecified atom stereocenters. The molecule has 2 aliphatic rings. The molecule has 2 amide bonds. The second-order valence-electron chi connectivity index (χ2n) is 9.94. The molecule has 4 heterocycles. The van der Waals surface area contributed by atoms with Crippen LogP contribution in [0.2, 0.25) is 0 Å². The summed E-state index contributed by atoms with van der Waals surface area (Å²) in [6, 6.07) is 3.49. The van der Waals surface area contributed by atoms with Crippen LogP contribution in [0.1, 0.15) is 17.4 Å². The van der Waals surface area contributed by atoms with Crippen LogP contribution >= 0.6 is 34.9 Å². The third-order valence-electron chi connectivity index (χ3n) is 6.86. The van der Waals surface area contributed by atoms with Crippen LogP contribution in [0.15, 0.2) is 51.2 Å². The number of thioether (sulfide) groups is 2. The second-order valence-corrected chi connectivity index (χ2v) is 12.9. The van der Waals surface area contributed by atoms with Gasteiger partial charge in [0.25, 0.3) is 11.8 Å². The molecule has 11 N–H and O–H groups in total. The average molecular weight is 705 g/mol. The maximum absolute atomic E-state index is 13.5. The Balaban J connectivity index is 1.36. The number of phenols is 2. The number of aromatic hydroxyl groups is 2. The van der Waals surface area contributed by atoms with Crippen LogP contribution in [0.4, 0.5) is 16.8 Å². The number of nitrogens with two attached hydrogens (primary N) is 3. The van der Waals surface area contributed by atoms with E-state index in [0.29, 0.717) is 16.5 Å². The lowest BCUT2D eigenvalue weighted by molar-refractivity contribution is -0.698. The van der Waals surface area contributed by atoms with E-state index in [1.165, 1.54) is 41.0 Å². The number of hydrogen-bond donors (Lipinski definition) is 8. The summed E-state index contributed by atoms with van der Waals surface area (Å²) in [5, 5.41) is 46.4. The van der Waals surface area contributed by atoms with Gasteiger partial charge in [0.15, 0.2) is 22.3 Å². The van der Waals surface area contributed by atoms with Gasteiger partial charge in [-0.25, -0.2) is 19.1 Å². The van der Waals surface area contributed by atoms with Gasteiger partial charge in [0, 0.05) is 22.4 Å². The summed E-state index contributed by atoms with van der Waals surface area (Å²) in [5.41, 5.74) is 17.0. The third kappa shape index (κ3) is 6.66. The number of aromatic nitrogens is 3. The zero-order valence-electron chi connectivity index (χ0n) is 24.1. The quantitative estimate of drug-likeness (QED) is 0.0239. The topological polar surface area (TPSA) is 294 Å². The van der Waals surface area contributed by atoms with Crippen LogP contribution in [-0.4, -0.2) is 87.7 Å². The Morgan fingerprint density at radius 3 is 2.57 bits per heavy atom. The lowest BCUT2D eigenvalue weighted by Crippen LogP contribution is -2.71. The number of aliphatic carboxylic acids is 2. The fraction of sp³-hybridized carbons (Fsp3) is 0.231. The van der Waals surface area contributed by atoms with Gasteiger partial charge < -0.3 is 47.8 Å². The molecule has 3 atom stereocenters.